The Morgan fingerprint density at radius 2 is 2.05 bits per heavy atom. The number of hydrogen-bond acceptors (Lipinski definition) is 5. The molecule has 0 atom stereocenters. The molecular weight excluding hydrogens is 280 g/mol. The maximum atomic E-state index is 5.90. The van der Waals surface area contributed by atoms with E-state index in [4.69, 9.17) is 15.2 Å². The molecule has 1 aliphatic rings. The van der Waals surface area contributed by atoms with Crippen molar-refractivity contribution in [3.05, 3.63) is 18.0 Å². The Labute approximate surface area is 130 Å². The maximum Gasteiger partial charge on any atom is 0.177 e. The standard InChI is InChI=1S/C16H24N4O2/c1-12-16(17)18-15-10-13(14(21-2)11-20(12)15)22-9-5-8-19-6-3-4-7-19/h10-11H,3-9,17H2,1-2H3. The van der Waals surface area contributed by atoms with Crippen LogP contribution in [0.15, 0.2) is 12.3 Å². The summed E-state index contributed by atoms with van der Waals surface area (Å²) in [4.78, 5) is 6.83. The molecule has 6 nitrogen and oxygen atoms in total. The number of likely N-dealkylation sites (tertiary alicyclic amines) is 1. The molecule has 0 saturated carbocycles. The third kappa shape index (κ3) is 2.97. The largest absolute Gasteiger partial charge is 0.491 e. The number of nitrogens with two attached hydrogens (primary N) is 1. The van der Waals surface area contributed by atoms with Gasteiger partial charge in [0.15, 0.2) is 11.5 Å². The summed E-state index contributed by atoms with van der Waals surface area (Å²) >= 11 is 0. The second-order valence-electron chi connectivity index (χ2n) is 5.77. The minimum Gasteiger partial charge on any atom is -0.491 e. The summed E-state index contributed by atoms with van der Waals surface area (Å²) in [6.45, 7) is 6.16. The number of aromatic nitrogens is 2. The number of rotatable bonds is 6. The molecule has 0 radical (unpaired) electrons. The van der Waals surface area contributed by atoms with Gasteiger partial charge in [0.1, 0.15) is 11.5 Å². The van der Waals surface area contributed by atoms with Crippen LogP contribution in [0.2, 0.25) is 0 Å². The molecule has 1 saturated heterocycles. The van der Waals surface area contributed by atoms with Gasteiger partial charge in [-0.05, 0) is 39.3 Å². The molecule has 3 rings (SSSR count). The van der Waals surface area contributed by atoms with Crippen LogP contribution in [0.5, 0.6) is 11.5 Å². The molecule has 0 aliphatic carbocycles. The highest BCUT2D eigenvalue weighted by atomic mass is 16.5. The van der Waals surface area contributed by atoms with Crippen molar-refractivity contribution in [1.82, 2.24) is 14.3 Å². The second-order valence-corrected chi connectivity index (χ2v) is 5.77. The predicted molar refractivity (Wildman–Crippen MR) is 86.7 cm³/mol. The number of nitrogens with zero attached hydrogens (tertiary/aromatic N) is 3. The summed E-state index contributed by atoms with van der Waals surface area (Å²) in [5.74, 6) is 1.96. The van der Waals surface area contributed by atoms with Gasteiger partial charge in [-0.25, -0.2) is 4.98 Å². The lowest BCUT2D eigenvalue weighted by Gasteiger charge is -2.15. The van der Waals surface area contributed by atoms with E-state index in [0.29, 0.717) is 18.2 Å². The SMILES string of the molecule is COc1cn2c(C)c(N)nc2cc1OCCCN1CCCC1. The number of aryl methyl sites for hydroxylation is 1. The van der Waals surface area contributed by atoms with E-state index in [-0.39, 0.29) is 0 Å². The molecule has 120 valence electrons. The fourth-order valence-electron chi connectivity index (χ4n) is 2.93. The minimum absolute atomic E-state index is 0.535. The number of nitrogen functional groups attached to an aromatic ring is 1. The van der Waals surface area contributed by atoms with E-state index in [1.165, 1.54) is 25.9 Å². The van der Waals surface area contributed by atoms with Gasteiger partial charge in [-0.1, -0.05) is 0 Å². The van der Waals surface area contributed by atoms with Crippen LogP contribution in [0.25, 0.3) is 5.65 Å². The topological polar surface area (TPSA) is 65.0 Å². The zero-order chi connectivity index (χ0) is 15.5. The lowest BCUT2D eigenvalue weighted by molar-refractivity contribution is 0.254. The molecule has 22 heavy (non-hydrogen) atoms. The molecule has 0 amide bonds. The monoisotopic (exact) mass is 304 g/mol. The molecular formula is C16H24N4O2. The summed E-state index contributed by atoms with van der Waals surface area (Å²) in [5.41, 5.74) is 7.56. The van der Waals surface area contributed by atoms with Gasteiger partial charge in [0, 0.05) is 12.6 Å². The fourth-order valence-corrected chi connectivity index (χ4v) is 2.93. The average molecular weight is 304 g/mol. The van der Waals surface area contributed by atoms with Crippen molar-refractivity contribution in [2.24, 2.45) is 0 Å². The van der Waals surface area contributed by atoms with Crippen molar-refractivity contribution in [3.8, 4) is 11.5 Å². The summed E-state index contributed by atoms with van der Waals surface area (Å²) < 4.78 is 13.2. The zero-order valence-electron chi connectivity index (χ0n) is 13.3. The first-order chi connectivity index (χ1) is 10.7. The molecule has 2 aromatic rings. The van der Waals surface area contributed by atoms with Gasteiger partial charge in [0.25, 0.3) is 0 Å². The van der Waals surface area contributed by atoms with Crippen LogP contribution in [0.4, 0.5) is 5.82 Å². The van der Waals surface area contributed by atoms with Gasteiger partial charge in [-0.3, -0.25) is 4.40 Å². The number of imidazole rings is 1. The van der Waals surface area contributed by atoms with E-state index in [2.05, 4.69) is 9.88 Å². The normalized spacial score (nSPS) is 15.5. The van der Waals surface area contributed by atoms with Crippen LogP contribution in [-0.4, -0.2) is 47.6 Å². The summed E-state index contributed by atoms with van der Waals surface area (Å²) in [5, 5.41) is 0. The van der Waals surface area contributed by atoms with Crippen molar-refractivity contribution >= 4 is 11.5 Å². The third-order valence-electron chi connectivity index (χ3n) is 4.26. The quantitative estimate of drug-likeness (QED) is 0.828. The highest BCUT2D eigenvalue weighted by Gasteiger charge is 2.13. The first kappa shape index (κ1) is 15.0. The van der Waals surface area contributed by atoms with Gasteiger partial charge in [0.2, 0.25) is 0 Å². The Morgan fingerprint density at radius 3 is 2.77 bits per heavy atom. The lowest BCUT2D eigenvalue weighted by atomic mass is 10.3. The van der Waals surface area contributed by atoms with Gasteiger partial charge in [-0.2, -0.15) is 0 Å². The Morgan fingerprint density at radius 1 is 1.27 bits per heavy atom. The molecule has 3 heterocycles. The van der Waals surface area contributed by atoms with Crippen LogP contribution < -0.4 is 15.2 Å². The Hall–Kier alpha value is -1.95. The number of methoxy groups -OCH3 is 1. The van der Waals surface area contributed by atoms with Crippen molar-refractivity contribution in [3.63, 3.8) is 0 Å². The van der Waals surface area contributed by atoms with Gasteiger partial charge in [-0.15, -0.1) is 0 Å². The van der Waals surface area contributed by atoms with Gasteiger partial charge < -0.3 is 20.1 Å². The summed E-state index contributed by atoms with van der Waals surface area (Å²) in [6.07, 6.45) is 5.55. The van der Waals surface area contributed by atoms with Crippen LogP contribution in [0, 0.1) is 6.92 Å². The first-order valence-corrected chi connectivity index (χ1v) is 7.86. The van der Waals surface area contributed by atoms with E-state index < -0.39 is 0 Å². The second kappa shape index (κ2) is 6.44. The maximum absolute atomic E-state index is 5.90. The number of fused-ring (bicyclic) bond motifs is 1. The molecule has 1 fully saturated rings. The van der Waals surface area contributed by atoms with Crippen molar-refractivity contribution in [1.29, 1.82) is 0 Å². The molecule has 0 unspecified atom stereocenters. The molecule has 0 aromatic carbocycles. The molecule has 6 heteroatoms. The highest BCUT2D eigenvalue weighted by molar-refractivity contribution is 5.57. The first-order valence-electron chi connectivity index (χ1n) is 7.86. The van der Waals surface area contributed by atoms with E-state index in [1.807, 2.05) is 23.6 Å². The van der Waals surface area contributed by atoms with Crippen LogP contribution in [0.3, 0.4) is 0 Å². The fraction of sp³-hybridized carbons (Fsp3) is 0.562. The van der Waals surface area contributed by atoms with Crippen LogP contribution >= 0.6 is 0 Å². The molecule has 2 aromatic heterocycles. The van der Waals surface area contributed by atoms with E-state index in [9.17, 15) is 0 Å². The number of pyridine rings is 1. The number of hydrogen-bond donors (Lipinski definition) is 1. The number of anilines is 1. The summed E-state index contributed by atoms with van der Waals surface area (Å²) in [7, 11) is 1.65. The van der Waals surface area contributed by atoms with Crippen molar-refractivity contribution in [2.45, 2.75) is 26.2 Å². The van der Waals surface area contributed by atoms with Crippen molar-refractivity contribution in [2.75, 3.05) is 39.1 Å². The lowest BCUT2D eigenvalue weighted by Crippen LogP contribution is -2.21. The van der Waals surface area contributed by atoms with Crippen molar-refractivity contribution < 1.29 is 9.47 Å². The zero-order valence-corrected chi connectivity index (χ0v) is 13.3. The predicted octanol–water partition coefficient (Wildman–Crippen LogP) is 2.10. The van der Waals surface area contributed by atoms with E-state index in [1.54, 1.807) is 7.11 Å². The Kier molecular flexibility index (Phi) is 4.38. The van der Waals surface area contributed by atoms with E-state index in [0.717, 1.165) is 30.1 Å². The highest BCUT2D eigenvalue weighted by Crippen LogP contribution is 2.30. The molecule has 1 aliphatic heterocycles. The van der Waals surface area contributed by atoms with Crippen LogP contribution in [-0.2, 0) is 0 Å². The molecule has 0 spiro atoms. The molecule has 0 bridgehead atoms. The van der Waals surface area contributed by atoms with Crippen LogP contribution in [0.1, 0.15) is 25.0 Å². The van der Waals surface area contributed by atoms with Gasteiger partial charge >= 0.3 is 0 Å². The Balaban J connectivity index is 1.66. The average Bonchev–Trinajstić information content (AvgIpc) is 3.12. The Bertz CT molecular complexity index is 647. The third-order valence-corrected chi connectivity index (χ3v) is 4.26. The van der Waals surface area contributed by atoms with Gasteiger partial charge in [0.05, 0.1) is 25.6 Å². The smallest absolute Gasteiger partial charge is 0.177 e. The minimum atomic E-state index is 0.535. The van der Waals surface area contributed by atoms with E-state index >= 15 is 0 Å². The number of ether oxygens (including phenoxy) is 2. The molecule has 2 N–H and O–H groups in total. The summed E-state index contributed by atoms with van der Waals surface area (Å²) in [6, 6.07) is 1.89.